The van der Waals surface area contributed by atoms with Gasteiger partial charge in [0.15, 0.2) is 5.43 Å². The lowest BCUT2D eigenvalue weighted by molar-refractivity contribution is 0.667. The number of H-pyrrole nitrogens is 1. The molecule has 0 radical (unpaired) electrons. The molecule has 88 valence electrons. The van der Waals surface area contributed by atoms with Crippen LogP contribution in [0.25, 0.3) is 10.9 Å². The zero-order valence-corrected chi connectivity index (χ0v) is 11.4. The summed E-state index contributed by atoms with van der Waals surface area (Å²) in [5.74, 6) is 0. The monoisotopic (exact) mass is 291 g/mol. The van der Waals surface area contributed by atoms with Crippen molar-refractivity contribution in [3.8, 4) is 0 Å². The summed E-state index contributed by atoms with van der Waals surface area (Å²) in [6.45, 7) is 2.00. The first-order valence-corrected chi connectivity index (χ1v) is 6.80. The largest absolute Gasteiger partial charge is 0.357 e. The van der Waals surface area contributed by atoms with Gasteiger partial charge in [-0.05, 0) is 60.2 Å². The van der Waals surface area contributed by atoms with Gasteiger partial charge in [0, 0.05) is 21.1 Å². The van der Waals surface area contributed by atoms with Crippen molar-refractivity contribution in [3.05, 3.63) is 43.6 Å². The fourth-order valence-corrected chi connectivity index (χ4v) is 3.12. The zero-order valence-electron chi connectivity index (χ0n) is 9.77. The molecule has 1 aromatic carbocycles. The van der Waals surface area contributed by atoms with Gasteiger partial charge in [-0.2, -0.15) is 0 Å². The van der Waals surface area contributed by atoms with Crippen molar-refractivity contribution in [2.75, 3.05) is 0 Å². The quantitative estimate of drug-likeness (QED) is 0.792. The highest BCUT2D eigenvalue weighted by Crippen LogP contribution is 2.26. The Bertz CT molecular complexity index is 657. The number of benzene rings is 1. The van der Waals surface area contributed by atoms with Crippen molar-refractivity contribution in [2.24, 2.45) is 0 Å². The third kappa shape index (κ3) is 1.64. The maximum atomic E-state index is 12.5. The van der Waals surface area contributed by atoms with E-state index in [0.29, 0.717) is 0 Å². The van der Waals surface area contributed by atoms with Gasteiger partial charge in [-0.15, -0.1) is 0 Å². The molecule has 1 aromatic heterocycles. The molecule has 2 nitrogen and oxygen atoms in total. The SMILES string of the molecule is Cc1ccc(Br)c2[nH]c3c(c(=O)c12)CCCC3. The van der Waals surface area contributed by atoms with Crippen molar-refractivity contribution in [1.82, 2.24) is 4.98 Å². The topological polar surface area (TPSA) is 32.9 Å². The minimum Gasteiger partial charge on any atom is -0.357 e. The standard InChI is InChI=1S/C14H14BrNO/c1-8-6-7-10(15)13-12(8)14(17)9-4-2-3-5-11(9)16-13/h6-7H,2-5H2,1H3,(H,16,17). The molecule has 0 bridgehead atoms. The highest BCUT2D eigenvalue weighted by molar-refractivity contribution is 9.10. The Morgan fingerprint density at radius 2 is 2.00 bits per heavy atom. The van der Waals surface area contributed by atoms with Crippen molar-refractivity contribution in [2.45, 2.75) is 32.6 Å². The molecule has 0 atom stereocenters. The fraction of sp³-hybridized carbons (Fsp3) is 0.357. The lowest BCUT2D eigenvalue weighted by Crippen LogP contribution is -2.19. The Morgan fingerprint density at radius 1 is 1.24 bits per heavy atom. The van der Waals surface area contributed by atoms with Crippen LogP contribution in [0, 0.1) is 6.92 Å². The lowest BCUT2D eigenvalue weighted by atomic mass is 9.93. The second-order valence-corrected chi connectivity index (χ2v) is 5.59. The van der Waals surface area contributed by atoms with Gasteiger partial charge >= 0.3 is 0 Å². The van der Waals surface area contributed by atoms with E-state index in [0.717, 1.165) is 51.5 Å². The van der Waals surface area contributed by atoms with E-state index in [2.05, 4.69) is 20.9 Å². The molecule has 1 heterocycles. The summed E-state index contributed by atoms with van der Waals surface area (Å²) in [5.41, 5.74) is 4.38. The number of aromatic nitrogens is 1. The molecular weight excluding hydrogens is 278 g/mol. The minimum absolute atomic E-state index is 0.229. The predicted octanol–water partition coefficient (Wildman–Crippen LogP) is 3.48. The summed E-state index contributed by atoms with van der Waals surface area (Å²) in [6, 6.07) is 4.00. The molecule has 0 saturated heterocycles. The van der Waals surface area contributed by atoms with E-state index in [1.54, 1.807) is 0 Å². The number of fused-ring (bicyclic) bond motifs is 2. The van der Waals surface area contributed by atoms with Crippen molar-refractivity contribution in [3.63, 3.8) is 0 Å². The van der Waals surface area contributed by atoms with Crippen LogP contribution in [0.1, 0.15) is 29.7 Å². The summed E-state index contributed by atoms with van der Waals surface area (Å²) in [5, 5.41) is 0.847. The average molecular weight is 292 g/mol. The Labute approximate surface area is 108 Å². The molecule has 0 spiro atoms. The van der Waals surface area contributed by atoms with Crippen LogP contribution in [0.3, 0.4) is 0 Å². The number of hydrogen-bond acceptors (Lipinski definition) is 1. The van der Waals surface area contributed by atoms with Crippen LogP contribution in [0.15, 0.2) is 21.4 Å². The smallest absolute Gasteiger partial charge is 0.193 e. The van der Waals surface area contributed by atoms with Gasteiger partial charge in [-0.1, -0.05) is 6.07 Å². The Morgan fingerprint density at radius 3 is 2.82 bits per heavy atom. The van der Waals surface area contributed by atoms with Crippen LogP contribution < -0.4 is 5.43 Å². The van der Waals surface area contributed by atoms with Crippen LogP contribution >= 0.6 is 15.9 Å². The molecule has 0 fully saturated rings. The summed E-state index contributed by atoms with van der Waals surface area (Å²) >= 11 is 3.52. The number of aryl methyl sites for hydroxylation is 2. The second kappa shape index (κ2) is 3.98. The summed E-state index contributed by atoms with van der Waals surface area (Å²) < 4.78 is 0.976. The molecule has 0 amide bonds. The first kappa shape index (κ1) is 11.0. The molecule has 3 rings (SSSR count). The highest BCUT2D eigenvalue weighted by atomic mass is 79.9. The van der Waals surface area contributed by atoms with E-state index in [1.807, 2.05) is 19.1 Å². The van der Waals surface area contributed by atoms with Crippen molar-refractivity contribution in [1.29, 1.82) is 0 Å². The van der Waals surface area contributed by atoms with E-state index >= 15 is 0 Å². The van der Waals surface area contributed by atoms with E-state index in [4.69, 9.17) is 0 Å². The van der Waals surface area contributed by atoms with Gasteiger partial charge in [-0.3, -0.25) is 4.79 Å². The summed E-state index contributed by atoms with van der Waals surface area (Å²) in [6.07, 6.45) is 4.24. The predicted molar refractivity (Wildman–Crippen MR) is 73.6 cm³/mol. The fourth-order valence-electron chi connectivity index (χ4n) is 2.69. The second-order valence-electron chi connectivity index (χ2n) is 4.73. The number of rotatable bonds is 0. The normalized spacial score (nSPS) is 14.9. The number of hydrogen-bond donors (Lipinski definition) is 1. The van der Waals surface area contributed by atoms with Gasteiger partial charge in [-0.25, -0.2) is 0 Å². The third-order valence-electron chi connectivity index (χ3n) is 3.61. The number of pyridine rings is 1. The molecule has 0 saturated carbocycles. The third-order valence-corrected chi connectivity index (χ3v) is 4.27. The molecule has 1 aliphatic carbocycles. The molecule has 17 heavy (non-hydrogen) atoms. The zero-order chi connectivity index (χ0) is 12.0. The van der Waals surface area contributed by atoms with E-state index in [-0.39, 0.29) is 5.43 Å². The van der Waals surface area contributed by atoms with Crippen LogP contribution in [0.5, 0.6) is 0 Å². The Balaban J connectivity index is 2.48. The average Bonchev–Trinajstić information content (AvgIpc) is 2.34. The van der Waals surface area contributed by atoms with Gasteiger partial charge < -0.3 is 4.98 Å². The molecule has 3 heteroatoms. The summed E-state index contributed by atoms with van der Waals surface area (Å²) in [4.78, 5) is 16.0. The molecule has 1 aliphatic rings. The number of aromatic amines is 1. The van der Waals surface area contributed by atoms with Gasteiger partial charge in [0.05, 0.1) is 5.52 Å². The van der Waals surface area contributed by atoms with Gasteiger partial charge in [0.2, 0.25) is 0 Å². The minimum atomic E-state index is 0.229. The Hall–Kier alpha value is -1.09. The van der Waals surface area contributed by atoms with Gasteiger partial charge in [0.1, 0.15) is 0 Å². The maximum Gasteiger partial charge on any atom is 0.193 e. The van der Waals surface area contributed by atoms with Crippen LogP contribution in [0.4, 0.5) is 0 Å². The lowest BCUT2D eigenvalue weighted by Gasteiger charge is -2.17. The van der Waals surface area contributed by atoms with E-state index < -0.39 is 0 Å². The van der Waals surface area contributed by atoms with E-state index in [1.165, 1.54) is 6.42 Å². The van der Waals surface area contributed by atoms with Crippen molar-refractivity contribution < 1.29 is 0 Å². The maximum absolute atomic E-state index is 12.5. The van der Waals surface area contributed by atoms with E-state index in [9.17, 15) is 4.79 Å². The summed E-state index contributed by atoms with van der Waals surface area (Å²) in [7, 11) is 0. The highest BCUT2D eigenvalue weighted by Gasteiger charge is 2.17. The number of nitrogens with one attached hydrogen (secondary N) is 1. The molecule has 1 N–H and O–H groups in total. The first-order chi connectivity index (χ1) is 8.18. The van der Waals surface area contributed by atoms with Gasteiger partial charge in [0.25, 0.3) is 0 Å². The first-order valence-electron chi connectivity index (χ1n) is 6.01. The molecule has 0 unspecified atom stereocenters. The van der Waals surface area contributed by atoms with Crippen LogP contribution in [-0.4, -0.2) is 4.98 Å². The Kier molecular flexibility index (Phi) is 2.58. The van der Waals surface area contributed by atoms with Crippen LogP contribution in [0.2, 0.25) is 0 Å². The van der Waals surface area contributed by atoms with Crippen LogP contribution in [-0.2, 0) is 12.8 Å². The number of halogens is 1. The molecule has 0 aliphatic heterocycles. The molecule has 2 aromatic rings. The van der Waals surface area contributed by atoms with Crippen molar-refractivity contribution >= 4 is 26.8 Å². The molecular formula is C14H14BrNO.